The van der Waals surface area contributed by atoms with Crippen molar-refractivity contribution >= 4 is 27.8 Å². The van der Waals surface area contributed by atoms with Gasteiger partial charge in [-0.15, -0.1) is 0 Å². The molecule has 0 aliphatic heterocycles. The first-order valence-electron chi connectivity index (χ1n) is 6.65. The van der Waals surface area contributed by atoms with E-state index in [0.717, 1.165) is 10.0 Å². The lowest BCUT2D eigenvalue weighted by Gasteiger charge is -2.17. The van der Waals surface area contributed by atoms with Gasteiger partial charge in [0.25, 0.3) is 5.91 Å². The van der Waals surface area contributed by atoms with Crippen LogP contribution in [-0.2, 0) is 11.8 Å². The number of hydrogen-bond acceptors (Lipinski definition) is 3. The summed E-state index contributed by atoms with van der Waals surface area (Å²) in [5.74, 6) is -1.31. The van der Waals surface area contributed by atoms with Gasteiger partial charge in [0, 0.05) is 17.7 Å². The maximum Gasteiger partial charge on any atom is 0.305 e. The summed E-state index contributed by atoms with van der Waals surface area (Å²) in [6, 6.07) is 6.59. The van der Waals surface area contributed by atoms with E-state index in [1.54, 1.807) is 37.0 Å². The molecule has 116 valence electrons. The predicted molar refractivity (Wildman–Crippen MR) is 84.5 cm³/mol. The third kappa shape index (κ3) is 3.94. The van der Waals surface area contributed by atoms with Crippen LogP contribution in [0.2, 0.25) is 0 Å². The van der Waals surface area contributed by atoms with Crippen molar-refractivity contribution in [3.8, 4) is 0 Å². The van der Waals surface area contributed by atoms with Gasteiger partial charge in [-0.05, 0) is 24.6 Å². The molecule has 1 aromatic carbocycles. The largest absolute Gasteiger partial charge is 0.481 e. The number of benzene rings is 1. The average molecular weight is 366 g/mol. The van der Waals surface area contributed by atoms with Crippen molar-refractivity contribution in [3.63, 3.8) is 0 Å². The molecule has 22 heavy (non-hydrogen) atoms. The van der Waals surface area contributed by atoms with Gasteiger partial charge in [0.05, 0.1) is 23.7 Å². The third-order valence-corrected chi connectivity index (χ3v) is 3.74. The fourth-order valence-electron chi connectivity index (χ4n) is 2.18. The number of carbonyl (C=O) groups is 2. The number of aromatic nitrogens is 2. The molecule has 6 nitrogen and oxygen atoms in total. The minimum Gasteiger partial charge on any atom is -0.481 e. The smallest absolute Gasteiger partial charge is 0.305 e. The molecule has 0 saturated heterocycles. The molecule has 0 spiro atoms. The summed E-state index contributed by atoms with van der Waals surface area (Å²) in [6.07, 6.45) is 1.43. The molecule has 0 radical (unpaired) electrons. The Kier molecular flexibility index (Phi) is 4.97. The number of amides is 1. The molecule has 0 aliphatic carbocycles. The molecule has 1 heterocycles. The Morgan fingerprint density at radius 2 is 2.00 bits per heavy atom. The quantitative estimate of drug-likeness (QED) is 0.851. The third-order valence-electron chi connectivity index (χ3n) is 3.21. The summed E-state index contributed by atoms with van der Waals surface area (Å²) in [4.78, 5) is 23.4. The number of carboxylic acid groups (broad SMARTS) is 1. The summed E-state index contributed by atoms with van der Waals surface area (Å²) in [5, 5.41) is 15.9. The van der Waals surface area contributed by atoms with Crippen LogP contribution in [-0.4, -0.2) is 26.8 Å². The molecule has 0 aliphatic rings. The lowest BCUT2D eigenvalue weighted by atomic mass is 10.0. The van der Waals surface area contributed by atoms with E-state index in [2.05, 4.69) is 26.3 Å². The maximum atomic E-state index is 12.3. The van der Waals surface area contributed by atoms with Crippen molar-refractivity contribution in [1.29, 1.82) is 0 Å². The molecule has 1 atom stereocenters. The lowest BCUT2D eigenvalue weighted by Crippen LogP contribution is -2.30. The first kappa shape index (κ1) is 16.2. The number of aliphatic carboxylic acids is 1. The lowest BCUT2D eigenvalue weighted by molar-refractivity contribution is -0.137. The Morgan fingerprint density at radius 1 is 1.36 bits per heavy atom. The molecule has 0 bridgehead atoms. The molecule has 2 rings (SSSR count). The zero-order chi connectivity index (χ0) is 16.3. The fourth-order valence-corrected chi connectivity index (χ4v) is 2.44. The number of nitrogens with one attached hydrogen (secondary N) is 1. The molecule has 1 unspecified atom stereocenters. The summed E-state index contributed by atoms with van der Waals surface area (Å²) in [6.45, 7) is 1.74. The Hall–Kier alpha value is -2.15. The van der Waals surface area contributed by atoms with Gasteiger partial charge in [-0.25, -0.2) is 0 Å². The van der Waals surface area contributed by atoms with Crippen molar-refractivity contribution in [2.75, 3.05) is 0 Å². The Labute approximate surface area is 136 Å². The van der Waals surface area contributed by atoms with E-state index >= 15 is 0 Å². The van der Waals surface area contributed by atoms with Crippen molar-refractivity contribution < 1.29 is 14.7 Å². The van der Waals surface area contributed by atoms with E-state index in [1.165, 1.54) is 0 Å². The van der Waals surface area contributed by atoms with Crippen LogP contribution in [0.15, 0.2) is 34.9 Å². The second-order valence-electron chi connectivity index (χ2n) is 4.98. The number of halogens is 1. The summed E-state index contributed by atoms with van der Waals surface area (Å²) in [7, 11) is 1.73. The normalized spacial score (nSPS) is 12.0. The molecule has 1 amide bonds. The van der Waals surface area contributed by atoms with E-state index in [1.807, 2.05) is 12.1 Å². The zero-order valence-corrected chi connectivity index (χ0v) is 13.8. The van der Waals surface area contributed by atoms with Gasteiger partial charge in [-0.2, -0.15) is 5.10 Å². The molecule has 1 aromatic heterocycles. The van der Waals surface area contributed by atoms with Crippen molar-refractivity contribution in [3.05, 3.63) is 51.8 Å². The van der Waals surface area contributed by atoms with E-state index in [-0.39, 0.29) is 12.3 Å². The van der Waals surface area contributed by atoms with Crippen LogP contribution in [0.3, 0.4) is 0 Å². The highest BCUT2D eigenvalue weighted by Crippen LogP contribution is 2.20. The van der Waals surface area contributed by atoms with Gasteiger partial charge in [-0.1, -0.05) is 28.1 Å². The fraction of sp³-hybridized carbons (Fsp3) is 0.267. The number of aryl methyl sites for hydroxylation is 2. The monoisotopic (exact) mass is 365 g/mol. The highest BCUT2D eigenvalue weighted by atomic mass is 79.9. The summed E-state index contributed by atoms with van der Waals surface area (Å²) >= 11 is 3.33. The number of hydrogen-bond donors (Lipinski definition) is 2. The van der Waals surface area contributed by atoms with Crippen LogP contribution in [0.4, 0.5) is 0 Å². The number of carboxylic acids is 1. The summed E-state index contributed by atoms with van der Waals surface area (Å²) < 4.78 is 2.44. The standard InChI is InChI=1S/C15H16BrN3O3/c1-9-12(8-19(2)18-9)15(22)17-13(7-14(20)21)10-3-5-11(16)6-4-10/h3-6,8,13H,7H2,1-2H3,(H,17,22)(H,20,21). The average Bonchev–Trinajstić information content (AvgIpc) is 2.77. The second-order valence-corrected chi connectivity index (χ2v) is 5.89. The number of rotatable bonds is 5. The highest BCUT2D eigenvalue weighted by Gasteiger charge is 2.21. The molecule has 0 saturated carbocycles. The van der Waals surface area contributed by atoms with E-state index in [9.17, 15) is 9.59 Å². The van der Waals surface area contributed by atoms with Gasteiger partial charge >= 0.3 is 5.97 Å². The maximum absolute atomic E-state index is 12.3. The van der Waals surface area contributed by atoms with Crippen LogP contribution in [0.25, 0.3) is 0 Å². The SMILES string of the molecule is Cc1nn(C)cc1C(=O)NC(CC(=O)O)c1ccc(Br)cc1. The molecule has 7 heteroatoms. The van der Waals surface area contributed by atoms with Gasteiger partial charge in [0.15, 0.2) is 0 Å². The molecular formula is C15H16BrN3O3. The van der Waals surface area contributed by atoms with Crippen LogP contribution in [0, 0.1) is 6.92 Å². The minimum absolute atomic E-state index is 0.188. The second kappa shape index (κ2) is 6.74. The molecule has 2 aromatic rings. The minimum atomic E-state index is -0.976. The molecular weight excluding hydrogens is 350 g/mol. The van der Waals surface area contributed by atoms with Gasteiger partial charge < -0.3 is 10.4 Å². The van der Waals surface area contributed by atoms with Gasteiger partial charge in [-0.3, -0.25) is 14.3 Å². The number of carbonyl (C=O) groups excluding carboxylic acids is 1. The van der Waals surface area contributed by atoms with E-state index < -0.39 is 12.0 Å². The van der Waals surface area contributed by atoms with Crippen molar-refractivity contribution in [2.45, 2.75) is 19.4 Å². The van der Waals surface area contributed by atoms with Crippen LogP contribution < -0.4 is 5.32 Å². The highest BCUT2D eigenvalue weighted by molar-refractivity contribution is 9.10. The zero-order valence-electron chi connectivity index (χ0n) is 12.2. The number of nitrogens with zero attached hydrogens (tertiary/aromatic N) is 2. The predicted octanol–water partition coefficient (Wildman–Crippen LogP) is 2.44. The van der Waals surface area contributed by atoms with Crippen LogP contribution >= 0.6 is 15.9 Å². The Balaban J connectivity index is 2.23. The van der Waals surface area contributed by atoms with Crippen molar-refractivity contribution in [1.82, 2.24) is 15.1 Å². The Bertz CT molecular complexity index is 695. The van der Waals surface area contributed by atoms with Gasteiger partial charge in [0.1, 0.15) is 0 Å². The van der Waals surface area contributed by atoms with Crippen LogP contribution in [0.5, 0.6) is 0 Å². The van der Waals surface area contributed by atoms with Crippen molar-refractivity contribution in [2.24, 2.45) is 7.05 Å². The summed E-state index contributed by atoms with van der Waals surface area (Å²) in [5.41, 5.74) is 1.78. The van der Waals surface area contributed by atoms with Crippen LogP contribution in [0.1, 0.15) is 34.1 Å². The first-order valence-corrected chi connectivity index (χ1v) is 7.44. The molecule has 2 N–H and O–H groups in total. The first-order chi connectivity index (χ1) is 10.4. The Morgan fingerprint density at radius 3 is 2.50 bits per heavy atom. The topological polar surface area (TPSA) is 84.2 Å². The van der Waals surface area contributed by atoms with Gasteiger partial charge in [0.2, 0.25) is 0 Å². The molecule has 0 fully saturated rings. The van der Waals surface area contributed by atoms with E-state index in [4.69, 9.17) is 5.11 Å². The van der Waals surface area contributed by atoms with E-state index in [0.29, 0.717) is 11.3 Å².